The number of nitrogens with zero attached hydrogens (tertiary/aromatic N) is 4. The topological polar surface area (TPSA) is 36.6 Å². The minimum absolute atomic E-state index is 0.167. The largest absolute Gasteiger partial charge is 0.506 e. The van der Waals surface area contributed by atoms with Crippen molar-refractivity contribution in [1.29, 1.82) is 0 Å². The number of hydrogen-bond donors (Lipinski definition) is 1. The lowest BCUT2D eigenvalue weighted by molar-refractivity contribution is 0.476. The smallest absolute Gasteiger partial charge is 0.141 e. The van der Waals surface area contributed by atoms with Gasteiger partial charge >= 0.3 is 0 Å². The van der Waals surface area contributed by atoms with Gasteiger partial charge in [-0.2, -0.15) is 0 Å². The van der Waals surface area contributed by atoms with E-state index in [9.17, 15) is 5.11 Å². The lowest BCUT2D eigenvalue weighted by Crippen LogP contribution is -2.12. The van der Waals surface area contributed by atoms with Crippen LogP contribution in [0.2, 0.25) is 0 Å². The molecule has 0 amide bonds. The van der Waals surface area contributed by atoms with Crippen molar-refractivity contribution >= 4 is 77.7 Å². The molecule has 2 aromatic heterocycles. The molecule has 0 unspecified atom stereocenters. The highest BCUT2D eigenvalue weighted by atomic mass is 16.3. The van der Waals surface area contributed by atoms with Crippen molar-refractivity contribution in [3.8, 4) is 17.1 Å². The molecule has 11 rings (SSSR count). The molecule has 0 bridgehead atoms. The van der Waals surface area contributed by atoms with Gasteiger partial charge in [-0.1, -0.05) is 109 Å². The van der Waals surface area contributed by atoms with Crippen molar-refractivity contribution in [3.63, 3.8) is 0 Å². The van der Waals surface area contributed by atoms with E-state index in [-0.39, 0.29) is 5.75 Å². The predicted octanol–water partition coefficient (Wildman–Crippen LogP) is 14.5. The Bertz CT molecular complexity index is 3280. The first-order chi connectivity index (χ1) is 29.2. The molecule has 5 heteroatoms. The molecule has 0 atom stereocenters. The first-order valence-corrected chi connectivity index (χ1v) is 19.9. The minimum Gasteiger partial charge on any atom is -0.506 e. The first kappa shape index (κ1) is 34.2. The summed E-state index contributed by atoms with van der Waals surface area (Å²) in [6, 6.07) is 78.1. The van der Waals surface area contributed by atoms with Crippen LogP contribution in [0.5, 0.6) is 5.75 Å². The standard InChI is InChI=1S/C54H38N4O/c59-54-37-44(55(38-17-5-1-6-18-38)42-29-32-51-47(35-42)45-25-13-15-27-49(45)57(51)40-21-9-3-10-22-40)31-34-53(54)56(39-19-7-2-8-20-39)43-30-33-52-48(36-43)46-26-14-16-28-50(46)58(52)41-23-11-4-12-24-41/h1-37,59H. The SMILES string of the molecule is Oc1cc(N(c2ccccc2)c2ccc3c(c2)c2ccccc2n3-c2ccccc2)ccc1N(c1ccccc1)c1ccc2c(c1)c1ccccc1n2-c1ccccc1. The number of aromatic hydroxyl groups is 1. The van der Waals surface area contributed by atoms with Crippen LogP contribution in [-0.4, -0.2) is 14.2 Å². The van der Waals surface area contributed by atoms with Gasteiger partial charge < -0.3 is 24.0 Å². The number of benzene rings is 9. The van der Waals surface area contributed by atoms with Crippen LogP contribution in [-0.2, 0) is 0 Å². The summed E-state index contributed by atoms with van der Waals surface area (Å²) in [5.74, 6) is 0.167. The zero-order valence-corrected chi connectivity index (χ0v) is 32.1. The van der Waals surface area contributed by atoms with Crippen molar-refractivity contribution in [3.05, 3.63) is 224 Å². The fourth-order valence-corrected chi connectivity index (χ4v) is 8.78. The van der Waals surface area contributed by atoms with Crippen molar-refractivity contribution in [1.82, 2.24) is 9.13 Å². The Hall–Kier alpha value is -8.02. The maximum absolute atomic E-state index is 12.2. The van der Waals surface area contributed by atoms with Gasteiger partial charge in [-0.15, -0.1) is 0 Å². The molecule has 0 radical (unpaired) electrons. The Kier molecular flexibility index (Phi) is 8.23. The highest BCUT2D eigenvalue weighted by Crippen LogP contribution is 2.46. The molecule has 0 saturated carbocycles. The Morgan fingerprint density at radius 3 is 1.15 bits per heavy atom. The molecule has 1 N–H and O–H groups in total. The third-order valence-corrected chi connectivity index (χ3v) is 11.3. The summed E-state index contributed by atoms with van der Waals surface area (Å²) in [6.45, 7) is 0. The molecule has 5 nitrogen and oxygen atoms in total. The van der Waals surface area contributed by atoms with Crippen LogP contribution in [0.15, 0.2) is 224 Å². The molecule has 9 aromatic carbocycles. The molecule has 0 aliphatic carbocycles. The first-order valence-electron chi connectivity index (χ1n) is 19.9. The lowest BCUT2D eigenvalue weighted by Gasteiger charge is -2.29. The van der Waals surface area contributed by atoms with Crippen LogP contribution in [0, 0.1) is 0 Å². The van der Waals surface area contributed by atoms with Crippen LogP contribution in [0.4, 0.5) is 34.1 Å². The number of fused-ring (bicyclic) bond motifs is 6. The van der Waals surface area contributed by atoms with E-state index >= 15 is 0 Å². The monoisotopic (exact) mass is 758 g/mol. The fraction of sp³-hybridized carbons (Fsp3) is 0. The zero-order valence-electron chi connectivity index (χ0n) is 32.1. The van der Waals surface area contributed by atoms with Gasteiger partial charge in [0.05, 0.1) is 27.8 Å². The van der Waals surface area contributed by atoms with Crippen molar-refractivity contribution in [2.45, 2.75) is 0 Å². The normalized spacial score (nSPS) is 11.5. The number of anilines is 6. The maximum atomic E-state index is 12.2. The molecule has 280 valence electrons. The second kappa shape index (κ2) is 14.2. The molecular formula is C54H38N4O. The molecule has 2 heterocycles. The van der Waals surface area contributed by atoms with E-state index in [1.54, 1.807) is 0 Å². The highest BCUT2D eigenvalue weighted by molar-refractivity contribution is 6.12. The zero-order chi connectivity index (χ0) is 39.3. The van der Waals surface area contributed by atoms with Crippen LogP contribution >= 0.6 is 0 Å². The quantitative estimate of drug-likeness (QED) is 0.168. The van der Waals surface area contributed by atoms with E-state index in [1.807, 2.05) is 42.5 Å². The molecular weight excluding hydrogens is 721 g/mol. The van der Waals surface area contributed by atoms with Crippen LogP contribution < -0.4 is 9.80 Å². The second-order valence-corrected chi connectivity index (χ2v) is 14.8. The molecule has 0 saturated heterocycles. The van der Waals surface area contributed by atoms with E-state index in [4.69, 9.17) is 0 Å². The Morgan fingerprint density at radius 2 is 0.661 bits per heavy atom. The third-order valence-electron chi connectivity index (χ3n) is 11.3. The van der Waals surface area contributed by atoms with Crippen molar-refractivity contribution in [2.75, 3.05) is 9.80 Å². The van der Waals surface area contributed by atoms with Crippen LogP contribution in [0.1, 0.15) is 0 Å². The average Bonchev–Trinajstić information content (AvgIpc) is 3.81. The van der Waals surface area contributed by atoms with Crippen molar-refractivity contribution < 1.29 is 5.11 Å². The summed E-state index contributed by atoms with van der Waals surface area (Å²) >= 11 is 0. The van der Waals surface area contributed by atoms with Gasteiger partial charge in [0.1, 0.15) is 5.75 Å². The van der Waals surface area contributed by atoms with E-state index in [2.05, 4.69) is 201 Å². The van der Waals surface area contributed by atoms with Crippen LogP contribution in [0.3, 0.4) is 0 Å². The third kappa shape index (κ3) is 5.79. The molecule has 0 aliphatic heterocycles. The highest BCUT2D eigenvalue weighted by Gasteiger charge is 2.22. The van der Waals surface area contributed by atoms with Crippen molar-refractivity contribution in [2.24, 2.45) is 0 Å². The van der Waals surface area contributed by atoms with Gasteiger partial charge in [-0.3, -0.25) is 0 Å². The number of phenols is 1. The van der Waals surface area contributed by atoms with E-state index in [0.717, 1.165) is 72.7 Å². The Balaban J connectivity index is 1.06. The number of aromatic nitrogens is 2. The van der Waals surface area contributed by atoms with Gasteiger partial charge in [-0.05, 0) is 109 Å². The molecule has 0 spiro atoms. The average molecular weight is 759 g/mol. The summed E-state index contributed by atoms with van der Waals surface area (Å²) in [5.41, 5.74) is 12.2. The minimum atomic E-state index is 0.167. The molecule has 11 aromatic rings. The van der Waals surface area contributed by atoms with Crippen LogP contribution in [0.25, 0.3) is 55.0 Å². The fourth-order valence-electron chi connectivity index (χ4n) is 8.78. The Morgan fingerprint density at radius 1 is 0.288 bits per heavy atom. The predicted molar refractivity (Wildman–Crippen MR) is 246 cm³/mol. The summed E-state index contributed by atoms with van der Waals surface area (Å²) in [5, 5.41) is 16.9. The molecule has 59 heavy (non-hydrogen) atoms. The second-order valence-electron chi connectivity index (χ2n) is 14.8. The lowest BCUT2D eigenvalue weighted by atomic mass is 10.1. The van der Waals surface area contributed by atoms with E-state index in [1.165, 1.54) is 10.8 Å². The molecule has 0 fully saturated rings. The number of para-hydroxylation sites is 6. The summed E-state index contributed by atoms with van der Waals surface area (Å²) < 4.78 is 4.65. The van der Waals surface area contributed by atoms with Gasteiger partial charge in [-0.25, -0.2) is 0 Å². The number of hydrogen-bond acceptors (Lipinski definition) is 3. The summed E-state index contributed by atoms with van der Waals surface area (Å²) in [6.07, 6.45) is 0. The number of rotatable bonds is 8. The van der Waals surface area contributed by atoms with E-state index in [0.29, 0.717) is 5.69 Å². The van der Waals surface area contributed by atoms with Gasteiger partial charge in [0.25, 0.3) is 0 Å². The maximum Gasteiger partial charge on any atom is 0.141 e. The van der Waals surface area contributed by atoms with E-state index < -0.39 is 0 Å². The van der Waals surface area contributed by atoms with Gasteiger partial charge in [0.2, 0.25) is 0 Å². The number of phenolic OH excluding ortho intramolecular Hbond substituents is 1. The summed E-state index contributed by atoms with van der Waals surface area (Å²) in [4.78, 5) is 4.36. The van der Waals surface area contributed by atoms with Gasteiger partial charge in [0.15, 0.2) is 0 Å². The summed E-state index contributed by atoms with van der Waals surface area (Å²) in [7, 11) is 0. The van der Waals surface area contributed by atoms with Gasteiger partial charge in [0, 0.05) is 67.4 Å². The Labute approximate surface area is 342 Å². The molecule has 0 aliphatic rings.